The Hall–Kier alpha value is -2.54. The summed E-state index contributed by atoms with van der Waals surface area (Å²) in [6, 6.07) is 10.0. The molecule has 2 aromatic carbocycles. The maximum atomic E-state index is 12.6. The molecule has 6 nitrogen and oxygen atoms in total. The zero-order valence-corrected chi connectivity index (χ0v) is 13.5. The van der Waals surface area contributed by atoms with Crippen LogP contribution in [0.5, 0.6) is 5.75 Å². The largest absolute Gasteiger partial charge is 0.482 e. The first kappa shape index (κ1) is 15.4. The summed E-state index contributed by atoms with van der Waals surface area (Å²) in [4.78, 5) is 11.6. The van der Waals surface area contributed by atoms with Crippen molar-refractivity contribution in [3.05, 3.63) is 47.5 Å². The van der Waals surface area contributed by atoms with Gasteiger partial charge in [0.25, 0.3) is 15.9 Å². The molecular weight excluding hydrogens is 316 g/mol. The Kier molecular flexibility index (Phi) is 3.73. The highest BCUT2D eigenvalue weighted by atomic mass is 32.2. The number of benzene rings is 2. The molecule has 0 saturated carbocycles. The molecule has 1 aliphatic heterocycles. The summed E-state index contributed by atoms with van der Waals surface area (Å²) < 4.78 is 32.9. The Morgan fingerprint density at radius 2 is 1.91 bits per heavy atom. The van der Waals surface area contributed by atoms with Gasteiger partial charge < -0.3 is 10.1 Å². The van der Waals surface area contributed by atoms with Crippen LogP contribution >= 0.6 is 0 Å². The van der Waals surface area contributed by atoms with E-state index in [-0.39, 0.29) is 17.4 Å². The van der Waals surface area contributed by atoms with Crippen molar-refractivity contribution in [2.75, 3.05) is 16.6 Å². The first-order chi connectivity index (χ1) is 10.8. The van der Waals surface area contributed by atoms with Crippen molar-refractivity contribution >= 4 is 27.3 Å². The zero-order chi connectivity index (χ0) is 16.6. The van der Waals surface area contributed by atoms with Crippen LogP contribution < -0.4 is 14.8 Å². The van der Waals surface area contributed by atoms with Gasteiger partial charge in [0.1, 0.15) is 5.75 Å². The lowest BCUT2D eigenvalue weighted by Crippen LogP contribution is -2.25. The number of carbonyl (C=O) groups excluding carboxylic acids is 1. The second-order valence-corrected chi connectivity index (χ2v) is 7.07. The zero-order valence-electron chi connectivity index (χ0n) is 12.7. The van der Waals surface area contributed by atoms with E-state index in [1.165, 1.54) is 6.07 Å². The first-order valence-corrected chi connectivity index (χ1v) is 8.50. The minimum atomic E-state index is -3.71. The van der Waals surface area contributed by atoms with E-state index in [2.05, 4.69) is 10.0 Å². The van der Waals surface area contributed by atoms with Gasteiger partial charge in [0.2, 0.25) is 0 Å². The standard InChI is InChI=1S/C16H16N2O4S/c1-10-3-4-11(2)15(7-10)23(20,21)18-12-5-6-14-13(8-12)17-16(19)9-22-14/h3-8,18H,9H2,1-2H3,(H,17,19). The molecule has 0 atom stereocenters. The third-order valence-corrected chi connectivity index (χ3v) is 5.02. The quantitative estimate of drug-likeness (QED) is 0.904. The molecule has 7 heteroatoms. The summed E-state index contributed by atoms with van der Waals surface area (Å²) >= 11 is 0. The van der Waals surface area contributed by atoms with Crippen LogP contribution in [-0.2, 0) is 14.8 Å². The molecule has 0 aliphatic carbocycles. The lowest BCUT2D eigenvalue weighted by atomic mass is 10.2. The van der Waals surface area contributed by atoms with E-state index in [9.17, 15) is 13.2 Å². The van der Waals surface area contributed by atoms with E-state index in [1.54, 1.807) is 31.2 Å². The average molecular weight is 332 g/mol. The third-order valence-electron chi connectivity index (χ3n) is 3.50. The topological polar surface area (TPSA) is 84.5 Å². The second kappa shape index (κ2) is 5.58. The minimum Gasteiger partial charge on any atom is -0.482 e. The van der Waals surface area contributed by atoms with Crippen molar-refractivity contribution in [2.24, 2.45) is 0 Å². The van der Waals surface area contributed by atoms with Gasteiger partial charge in [0.15, 0.2) is 6.61 Å². The van der Waals surface area contributed by atoms with Crippen LogP contribution in [0.25, 0.3) is 0 Å². The monoisotopic (exact) mass is 332 g/mol. The third kappa shape index (κ3) is 3.14. The summed E-state index contributed by atoms with van der Waals surface area (Å²) in [5, 5.41) is 2.65. The smallest absolute Gasteiger partial charge is 0.262 e. The molecule has 0 spiro atoms. The van der Waals surface area contributed by atoms with E-state index in [0.717, 1.165) is 5.56 Å². The van der Waals surface area contributed by atoms with Gasteiger partial charge in [0, 0.05) is 0 Å². The highest BCUT2D eigenvalue weighted by Gasteiger charge is 2.20. The Morgan fingerprint density at radius 1 is 1.13 bits per heavy atom. The highest BCUT2D eigenvalue weighted by molar-refractivity contribution is 7.92. The number of hydrogen-bond acceptors (Lipinski definition) is 4. The molecule has 1 amide bonds. The molecule has 0 bridgehead atoms. The fourth-order valence-corrected chi connectivity index (χ4v) is 3.73. The average Bonchev–Trinajstić information content (AvgIpc) is 2.48. The number of nitrogens with one attached hydrogen (secondary N) is 2. The minimum absolute atomic E-state index is 0.0411. The van der Waals surface area contributed by atoms with Crippen LogP contribution in [0.15, 0.2) is 41.3 Å². The molecule has 0 unspecified atom stereocenters. The molecule has 0 radical (unpaired) electrons. The highest BCUT2D eigenvalue weighted by Crippen LogP contribution is 2.31. The van der Waals surface area contributed by atoms with Crippen molar-refractivity contribution in [2.45, 2.75) is 18.7 Å². The Labute approximate surface area is 134 Å². The Morgan fingerprint density at radius 3 is 2.70 bits per heavy atom. The van der Waals surface area contributed by atoms with Crippen LogP contribution in [0.1, 0.15) is 11.1 Å². The van der Waals surface area contributed by atoms with Crippen molar-refractivity contribution in [1.29, 1.82) is 0 Å². The van der Waals surface area contributed by atoms with Crippen molar-refractivity contribution in [1.82, 2.24) is 0 Å². The van der Waals surface area contributed by atoms with E-state index < -0.39 is 10.0 Å². The summed E-state index contributed by atoms with van der Waals surface area (Å²) in [6.07, 6.45) is 0. The number of hydrogen-bond donors (Lipinski definition) is 2. The van der Waals surface area contributed by atoms with E-state index in [4.69, 9.17) is 4.74 Å². The van der Waals surface area contributed by atoms with Crippen molar-refractivity contribution < 1.29 is 17.9 Å². The van der Waals surface area contributed by atoms with Gasteiger partial charge in [-0.3, -0.25) is 9.52 Å². The van der Waals surface area contributed by atoms with Crippen molar-refractivity contribution in [3.63, 3.8) is 0 Å². The molecule has 23 heavy (non-hydrogen) atoms. The van der Waals surface area contributed by atoms with Gasteiger partial charge in [-0.1, -0.05) is 12.1 Å². The maximum Gasteiger partial charge on any atom is 0.262 e. The number of ether oxygens (including phenoxy) is 1. The molecule has 120 valence electrons. The molecule has 0 aromatic heterocycles. The number of carbonyl (C=O) groups is 1. The predicted octanol–water partition coefficient (Wildman–Crippen LogP) is 2.44. The van der Waals surface area contributed by atoms with Gasteiger partial charge in [-0.05, 0) is 49.2 Å². The van der Waals surface area contributed by atoms with E-state index in [1.807, 2.05) is 13.0 Å². The van der Waals surface area contributed by atoms with Crippen LogP contribution in [0.4, 0.5) is 11.4 Å². The van der Waals surface area contributed by atoms with Crippen LogP contribution in [0.2, 0.25) is 0 Å². The fraction of sp³-hybridized carbons (Fsp3) is 0.188. The molecule has 1 aliphatic rings. The normalized spacial score (nSPS) is 13.7. The first-order valence-electron chi connectivity index (χ1n) is 7.02. The number of fused-ring (bicyclic) bond motifs is 1. The number of sulfonamides is 1. The number of amides is 1. The summed E-state index contributed by atoms with van der Waals surface area (Å²) in [7, 11) is -3.71. The number of rotatable bonds is 3. The van der Waals surface area contributed by atoms with Gasteiger partial charge in [-0.15, -0.1) is 0 Å². The fourth-order valence-electron chi connectivity index (χ4n) is 2.35. The lowest BCUT2D eigenvalue weighted by molar-refractivity contribution is -0.118. The van der Waals surface area contributed by atoms with E-state index in [0.29, 0.717) is 22.7 Å². The molecule has 0 fully saturated rings. The predicted molar refractivity (Wildman–Crippen MR) is 87.3 cm³/mol. The number of aryl methyl sites for hydroxylation is 2. The second-order valence-electron chi connectivity index (χ2n) is 5.42. The van der Waals surface area contributed by atoms with Crippen LogP contribution in [-0.4, -0.2) is 20.9 Å². The van der Waals surface area contributed by atoms with Gasteiger partial charge in [-0.2, -0.15) is 0 Å². The van der Waals surface area contributed by atoms with Crippen molar-refractivity contribution in [3.8, 4) is 5.75 Å². The number of anilines is 2. The Balaban J connectivity index is 1.93. The van der Waals surface area contributed by atoms with Crippen LogP contribution in [0, 0.1) is 13.8 Å². The summed E-state index contributed by atoms with van der Waals surface area (Å²) in [5.74, 6) is 0.242. The van der Waals surface area contributed by atoms with Crippen LogP contribution in [0.3, 0.4) is 0 Å². The van der Waals surface area contributed by atoms with Gasteiger partial charge >= 0.3 is 0 Å². The SMILES string of the molecule is Cc1ccc(C)c(S(=O)(=O)Nc2ccc3c(c2)NC(=O)CO3)c1. The summed E-state index contributed by atoms with van der Waals surface area (Å²) in [6.45, 7) is 3.54. The van der Waals surface area contributed by atoms with Gasteiger partial charge in [-0.25, -0.2) is 8.42 Å². The molecule has 3 rings (SSSR count). The molecule has 2 aromatic rings. The van der Waals surface area contributed by atoms with Gasteiger partial charge in [0.05, 0.1) is 16.3 Å². The van der Waals surface area contributed by atoms with E-state index >= 15 is 0 Å². The molecular formula is C16H16N2O4S. The molecule has 0 saturated heterocycles. The summed E-state index contributed by atoms with van der Waals surface area (Å²) in [5.41, 5.74) is 2.33. The Bertz CT molecular complexity index is 891. The molecule has 2 N–H and O–H groups in total. The maximum absolute atomic E-state index is 12.6. The lowest BCUT2D eigenvalue weighted by Gasteiger charge is -2.19. The molecule has 1 heterocycles.